The van der Waals surface area contributed by atoms with Crippen LogP contribution in [0.4, 0.5) is 5.69 Å². The fourth-order valence-electron chi connectivity index (χ4n) is 3.06. The topological polar surface area (TPSA) is 61.4 Å². The Bertz CT molecular complexity index is 585. The number of carbonyl (C=O) groups excluding carboxylic acids is 2. The number of likely N-dealkylation sites (N-methyl/N-ethyl adjacent to an activating group) is 1. The molecule has 2 N–H and O–H groups in total. The molecule has 2 heterocycles. The van der Waals surface area contributed by atoms with Gasteiger partial charge in [0.05, 0.1) is 5.92 Å². The minimum atomic E-state index is -0.000549. The molecule has 2 aliphatic rings. The molecule has 5 nitrogen and oxygen atoms in total. The molecular weight excluding hydrogens is 266 g/mol. The minimum Gasteiger partial charge on any atom is -0.341 e. The van der Waals surface area contributed by atoms with Gasteiger partial charge in [-0.2, -0.15) is 0 Å². The Morgan fingerprint density at radius 3 is 2.90 bits per heavy atom. The molecule has 0 aromatic heterocycles. The molecule has 1 aromatic carbocycles. The summed E-state index contributed by atoms with van der Waals surface area (Å²) in [5.41, 5.74) is 2.48. The van der Waals surface area contributed by atoms with Gasteiger partial charge in [0.15, 0.2) is 0 Å². The van der Waals surface area contributed by atoms with Gasteiger partial charge in [0.25, 0.3) is 5.91 Å². The first kappa shape index (κ1) is 14.1. The Balaban J connectivity index is 1.78. The zero-order valence-electron chi connectivity index (χ0n) is 12.5. The van der Waals surface area contributed by atoms with E-state index in [0.717, 1.165) is 31.6 Å². The zero-order chi connectivity index (χ0) is 15.0. The number of benzene rings is 1. The monoisotopic (exact) mass is 287 g/mol. The maximum Gasteiger partial charge on any atom is 0.253 e. The maximum absolute atomic E-state index is 12.3. The average Bonchev–Trinajstić information content (AvgIpc) is 2.90. The molecule has 2 aliphatic heterocycles. The highest BCUT2D eigenvalue weighted by atomic mass is 16.2. The van der Waals surface area contributed by atoms with Gasteiger partial charge in [-0.15, -0.1) is 0 Å². The van der Waals surface area contributed by atoms with Gasteiger partial charge >= 0.3 is 0 Å². The first-order chi connectivity index (χ1) is 10.1. The molecule has 5 heteroatoms. The normalized spacial score (nSPS) is 24.9. The molecule has 0 unspecified atom stereocenters. The van der Waals surface area contributed by atoms with E-state index in [4.69, 9.17) is 0 Å². The van der Waals surface area contributed by atoms with Crippen LogP contribution in [0.1, 0.15) is 22.8 Å². The van der Waals surface area contributed by atoms with Crippen LogP contribution in [0.25, 0.3) is 0 Å². The minimum absolute atomic E-state index is 0.000549. The highest BCUT2D eigenvalue weighted by Gasteiger charge is 2.30. The Labute approximate surface area is 124 Å². The van der Waals surface area contributed by atoms with Crippen molar-refractivity contribution in [2.75, 3.05) is 32.0 Å². The van der Waals surface area contributed by atoms with Crippen LogP contribution in [0.5, 0.6) is 0 Å². The van der Waals surface area contributed by atoms with E-state index in [1.54, 1.807) is 11.0 Å². The summed E-state index contributed by atoms with van der Waals surface area (Å²) in [6.45, 7) is 4.43. The fraction of sp³-hybridized carbons (Fsp3) is 0.500. The lowest BCUT2D eigenvalue weighted by Crippen LogP contribution is -2.34. The molecule has 1 saturated heterocycles. The Kier molecular flexibility index (Phi) is 3.68. The molecule has 2 atom stereocenters. The number of nitrogens with one attached hydrogen (secondary N) is 2. The van der Waals surface area contributed by atoms with Crippen LogP contribution in [-0.2, 0) is 11.2 Å². The molecule has 0 saturated carbocycles. The van der Waals surface area contributed by atoms with Gasteiger partial charge in [0.1, 0.15) is 0 Å². The van der Waals surface area contributed by atoms with E-state index in [2.05, 4.69) is 17.6 Å². The lowest BCUT2D eigenvalue weighted by molar-refractivity contribution is -0.120. The molecule has 0 aliphatic carbocycles. The van der Waals surface area contributed by atoms with Crippen LogP contribution in [0, 0.1) is 11.8 Å². The number of hydrogen-bond donors (Lipinski definition) is 2. The number of carbonyl (C=O) groups is 2. The van der Waals surface area contributed by atoms with E-state index in [1.807, 2.05) is 19.2 Å². The van der Waals surface area contributed by atoms with Crippen LogP contribution in [0.15, 0.2) is 18.2 Å². The van der Waals surface area contributed by atoms with E-state index in [0.29, 0.717) is 17.2 Å². The molecule has 112 valence electrons. The van der Waals surface area contributed by atoms with Crippen LogP contribution >= 0.6 is 0 Å². The molecule has 2 amide bonds. The predicted octanol–water partition coefficient (Wildman–Crippen LogP) is 1.11. The van der Waals surface area contributed by atoms with Gasteiger partial charge < -0.3 is 15.5 Å². The molecular formula is C16H21N3O2. The van der Waals surface area contributed by atoms with E-state index >= 15 is 0 Å². The molecule has 1 aromatic rings. The van der Waals surface area contributed by atoms with Crippen molar-refractivity contribution in [3.05, 3.63) is 29.3 Å². The maximum atomic E-state index is 12.3. The van der Waals surface area contributed by atoms with Gasteiger partial charge in [0, 0.05) is 31.4 Å². The highest BCUT2D eigenvalue weighted by Crippen LogP contribution is 2.23. The highest BCUT2D eigenvalue weighted by molar-refractivity contribution is 5.99. The molecule has 1 fully saturated rings. The van der Waals surface area contributed by atoms with Gasteiger partial charge in [-0.1, -0.05) is 13.0 Å². The fourth-order valence-corrected chi connectivity index (χ4v) is 3.06. The Morgan fingerprint density at radius 2 is 2.19 bits per heavy atom. The first-order valence-electron chi connectivity index (χ1n) is 7.46. The van der Waals surface area contributed by atoms with Crippen molar-refractivity contribution in [3.63, 3.8) is 0 Å². The summed E-state index contributed by atoms with van der Waals surface area (Å²) >= 11 is 0. The largest absolute Gasteiger partial charge is 0.341 e. The van der Waals surface area contributed by atoms with Crippen molar-refractivity contribution in [2.24, 2.45) is 11.8 Å². The van der Waals surface area contributed by atoms with E-state index in [1.165, 1.54) is 0 Å². The summed E-state index contributed by atoms with van der Waals surface area (Å²) < 4.78 is 0. The molecule has 0 radical (unpaired) electrons. The summed E-state index contributed by atoms with van der Waals surface area (Å²) in [5.74, 6) is 0.405. The van der Waals surface area contributed by atoms with Crippen LogP contribution in [0.2, 0.25) is 0 Å². The lowest BCUT2D eigenvalue weighted by atomic mass is 9.96. The standard InChI is InChI=1S/C16H21N3O2/c1-10-8-17-9-14(10)15(20)18-12-4-3-11-5-6-19(2)16(21)13(11)7-12/h3-4,7,10,14,17H,5-6,8-9H2,1-2H3,(H,18,20)/t10-,14-/m1/s1. The van der Waals surface area contributed by atoms with Crippen molar-refractivity contribution in [1.82, 2.24) is 10.2 Å². The summed E-state index contributed by atoms with van der Waals surface area (Å²) in [5, 5.41) is 6.18. The van der Waals surface area contributed by atoms with Crippen molar-refractivity contribution in [2.45, 2.75) is 13.3 Å². The average molecular weight is 287 g/mol. The second kappa shape index (κ2) is 5.48. The number of rotatable bonds is 2. The van der Waals surface area contributed by atoms with Crippen molar-refractivity contribution >= 4 is 17.5 Å². The molecule has 21 heavy (non-hydrogen) atoms. The molecule has 0 bridgehead atoms. The first-order valence-corrected chi connectivity index (χ1v) is 7.46. The van der Waals surface area contributed by atoms with Crippen molar-refractivity contribution in [3.8, 4) is 0 Å². The summed E-state index contributed by atoms with van der Waals surface area (Å²) in [4.78, 5) is 26.2. The van der Waals surface area contributed by atoms with E-state index < -0.39 is 0 Å². The molecule has 3 rings (SSSR count). The third-order valence-electron chi connectivity index (χ3n) is 4.53. The zero-order valence-corrected chi connectivity index (χ0v) is 12.5. The Hall–Kier alpha value is -1.88. The second-order valence-electron chi connectivity index (χ2n) is 6.08. The third-order valence-corrected chi connectivity index (χ3v) is 4.53. The van der Waals surface area contributed by atoms with Crippen LogP contribution < -0.4 is 10.6 Å². The third kappa shape index (κ3) is 2.65. The van der Waals surface area contributed by atoms with Crippen molar-refractivity contribution < 1.29 is 9.59 Å². The SMILES string of the molecule is C[C@@H]1CNC[C@H]1C(=O)Nc1ccc2c(c1)C(=O)N(C)CC2. The summed E-state index contributed by atoms with van der Waals surface area (Å²) in [7, 11) is 1.81. The summed E-state index contributed by atoms with van der Waals surface area (Å²) in [6, 6.07) is 5.65. The molecule has 0 spiro atoms. The van der Waals surface area contributed by atoms with Crippen molar-refractivity contribution in [1.29, 1.82) is 0 Å². The van der Waals surface area contributed by atoms with Gasteiger partial charge in [-0.05, 0) is 36.6 Å². The summed E-state index contributed by atoms with van der Waals surface area (Å²) in [6.07, 6.45) is 0.870. The van der Waals surface area contributed by atoms with Crippen LogP contribution in [0.3, 0.4) is 0 Å². The quantitative estimate of drug-likeness (QED) is 0.856. The second-order valence-corrected chi connectivity index (χ2v) is 6.08. The number of amides is 2. The van der Waals surface area contributed by atoms with Gasteiger partial charge in [-0.3, -0.25) is 9.59 Å². The number of fused-ring (bicyclic) bond motifs is 1. The Morgan fingerprint density at radius 1 is 1.38 bits per heavy atom. The number of hydrogen-bond acceptors (Lipinski definition) is 3. The number of nitrogens with zero attached hydrogens (tertiary/aromatic N) is 1. The predicted molar refractivity (Wildman–Crippen MR) is 81.3 cm³/mol. The lowest BCUT2D eigenvalue weighted by Gasteiger charge is -2.25. The van der Waals surface area contributed by atoms with Gasteiger partial charge in [-0.25, -0.2) is 0 Å². The van der Waals surface area contributed by atoms with E-state index in [9.17, 15) is 9.59 Å². The van der Waals surface area contributed by atoms with Gasteiger partial charge in [0.2, 0.25) is 5.91 Å². The van der Waals surface area contributed by atoms with E-state index in [-0.39, 0.29) is 17.7 Å². The smallest absolute Gasteiger partial charge is 0.253 e. The van der Waals surface area contributed by atoms with Crippen LogP contribution in [-0.4, -0.2) is 43.4 Å². The number of anilines is 1.